The number of benzene rings is 1. The van der Waals surface area contributed by atoms with Gasteiger partial charge in [-0.25, -0.2) is 0 Å². The van der Waals surface area contributed by atoms with Crippen LogP contribution in [0.3, 0.4) is 0 Å². The summed E-state index contributed by atoms with van der Waals surface area (Å²) in [4.78, 5) is 1.16. The molecule has 0 fully saturated rings. The molecule has 1 heteroatoms. The Labute approximate surface area is 108 Å². The molecule has 0 unspecified atom stereocenters. The molecule has 0 N–H and O–H groups in total. The third-order valence-corrected chi connectivity index (χ3v) is 2.90. The summed E-state index contributed by atoms with van der Waals surface area (Å²) in [7, 11) is 0. The molecule has 1 aromatic carbocycles. The van der Waals surface area contributed by atoms with Crippen LogP contribution in [0.1, 0.15) is 30.7 Å². The second kappa shape index (κ2) is 8.61. The summed E-state index contributed by atoms with van der Waals surface area (Å²) in [6.07, 6.45) is 1.97. The molecule has 2 rings (SSSR count). The van der Waals surface area contributed by atoms with Crippen molar-refractivity contribution in [1.82, 2.24) is 0 Å². The van der Waals surface area contributed by atoms with E-state index in [1.807, 2.05) is 26.0 Å². The Morgan fingerprint density at radius 1 is 1.00 bits per heavy atom. The SMILES string of the molecule is C(#Cc1cccs1)CCc1ccccc1.CC. The zero-order chi connectivity index (χ0) is 12.3. The van der Waals surface area contributed by atoms with Gasteiger partial charge < -0.3 is 0 Å². The van der Waals surface area contributed by atoms with Crippen molar-refractivity contribution in [2.24, 2.45) is 0 Å². The summed E-state index contributed by atoms with van der Waals surface area (Å²) in [5, 5.41) is 2.06. The van der Waals surface area contributed by atoms with Crippen LogP contribution in [0.25, 0.3) is 0 Å². The van der Waals surface area contributed by atoms with Crippen molar-refractivity contribution >= 4 is 11.3 Å². The smallest absolute Gasteiger partial charge is 0.0768 e. The minimum atomic E-state index is 0.932. The molecule has 0 radical (unpaired) electrons. The van der Waals surface area contributed by atoms with E-state index >= 15 is 0 Å². The number of hydrogen-bond donors (Lipinski definition) is 0. The van der Waals surface area contributed by atoms with E-state index in [1.165, 1.54) is 5.56 Å². The van der Waals surface area contributed by atoms with E-state index < -0.39 is 0 Å². The lowest BCUT2D eigenvalue weighted by molar-refractivity contribution is 1.03. The monoisotopic (exact) mass is 242 g/mol. The molecule has 2 aromatic rings. The highest BCUT2D eigenvalue weighted by atomic mass is 32.1. The fourth-order valence-corrected chi connectivity index (χ4v) is 1.94. The van der Waals surface area contributed by atoms with Crippen LogP contribution in [0.5, 0.6) is 0 Å². The van der Waals surface area contributed by atoms with Gasteiger partial charge in [0.1, 0.15) is 0 Å². The van der Waals surface area contributed by atoms with Crippen LogP contribution in [0.15, 0.2) is 47.8 Å². The van der Waals surface area contributed by atoms with Crippen LogP contribution in [-0.2, 0) is 6.42 Å². The van der Waals surface area contributed by atoms with Crippen molar-refractivity contribution in [2.45, 2.75) is 26.7 Å². The summed E-state index contributed by atoms with van der Waals surface area (Å²) < 4.78 is 0. The maximum Gasteiger partial charge on any atom is 0.0768 e. The molecule has 17 heavy (non-hydrogen) atoms. The van der Waals surface area contributed by atoms with Crippen molar-refractivity contribution in [3.8, 4) is 11.8 Å². The Morgan fingerprint density at radius 3 is 2.41 bits per heavy atom. The third kappa shape index (κ3) is 5.38. The molecule has 1 heterocycles. The summed E-state index contributed by atoms with van der Waals surface area (Å²) in [5.41, 5.74) is 1.36. The van der Waals surface area contributed by atoms with Crippen LogP contribution in [0, 0.1) is 11.8 Å². The summed E-state index contributed by atoms with van der Waals surface area (Å²) in [6.45, 7) is 4.00. The lowest BCUT2D eigenvalue weighted by atomic mass is 10.1. The zero-order valence-corrected chi connectivity index (χ0v) is 11.3. The van der Waals surface area contributed by atoms with Crippen molar-refractivity contribution < 1.29 is 0 Å². The molecule has 0 aliphatic carbocycles. The molecule has 0 spiro atoms. The molecule has 0 bridgehead atoms. The van der Waals surface area contributed by atoms with Crippen molar-refractivity contribution in [1.29, 1.82) is 0 Å². The highest BCUT2D eigenvalue weighted by molar-refractivity contribution is 7.10. The van der Waals surface area contributed by atoms with Gasteiger partial charge >= 0.3 is 0 Å². The second-order valence-corrected chi connectivity index (χ2v) is 4.21. The number of rotatable bonds is 2. The number of thiophene rings is 1. The second-order valence-electron chi connectivity index (χ2n) is 3.26. The first kappa shape index (κ1) is 13.5. The van der Waals surface area contributed by atoms with E-state index in [4.69, 9.17) is 0 Å². The van der Waals surface area contributed by atoms with Crippen LogP contribution in [0.2, 0.25) is 0 Å². The average molecular weight is 242 g/mol. The molecule has 0 saturated heterocycles. The van der Waals surface area contributed by atoms with E-state index in [1.54, 1.807) is 11.3 Å². The van der Waals surface area contributed by atoms with E-state index in [9.17, 15) is 0 Å². The lowest BCUT2D eigenvalue weighted by Crippen LogP contribution is -1.81. The van der Waals surface area contributed by atoms with Crippen LogP contribution in [-0.4, -0.2) is 0 Å². The van der Waals surface area contributed by atoms with Gasteiger partial charge in [0, 0.05) is 6.42 Å². The first-order valence-corrected chi connectivity index (χ1v) is 6.89. The first-order valence-electron chi connectivity index (χ1n) is 6.01. The van der Waals surface area contributed by atoms with Crippen LogP contribution >= 0.6 is 11.3 Å². The molecular weight excluding hydrogens is 224 g/mol. The van der Waals surface area contributed by atoms with Gasteiger partial charge in [0.15, 0.2) is 0 Å². The van der Waals surface area contributed by atoms with Crippen LogP contribution < -0.4 is 0 Å². The van der Waals surface area contributed by atoms with E-state index in [0.717, 1.165) is 17.7 Å². The van der Waals surface area contributed by atoms with Crippen LogP contribution in [0.4, 0.5) is 0 Å². The zero-order valence-electron chi connectivity index (χ0n) is 10.4. The molecule has 0 amide bonds. The molecule has 0 saturated carbocycles. The highest BCUT2D eigenvalue weighted by Crippen LogP contribution is 2.06. The normalized spacial score (nSPS) is 8.59. The quantitative estimate of drug-likeness (QED) is 0.666. The molecule has 88 valence electrons. The fraction of sp³-hybridized carbons (Fsp3) is 0.250. The summed E-state index contributed by atoms with van der Waals surface area (Å²) in [6, 6.07) is 14.6. The highest BCUT2D eigenvalue weighted by Gasteiger charge is 1.88. The Kier molecular flexibility index (Phi) is 6.86. The van der Waals surface area contributed by atoms with Gasteiger partial charge in [-0.05, 0) is 23.4 Å². The van der Waals surface area contributed by atoms with Gasteiger partial charge in [-0.3, -0.25) is 0 Å². The Hall–Kier alpha value is -1.52. The van der Waals surface area contributed by atoms with Gasteiger partial charge in [0.2, 0.25) is 0 Å². The van der Waals surface area contributed by atoms with Gasteiger partial charge in [-0.2, -0.15) is 0 Å². The first-order chi connectivity index (χ1) is 8.45. The maximum atomic E-state index is 3.20. The molecule has 1 aromatic heterocycles. The number of aryl methyl sites for hydroxylation is 1. The van der Waals surface area contributed by atoms with Gasteiger partial charge in [0.25, 0.3) is 0 Å². The lowest BCUT2D eigenvalue weighted by Gasteiger charge is -1.94. The largest absolute Gasteiger partial charge is 0.135 e. The van der Waals surface area contributed by atoms with Gasteiger partial charge in [0.05, 0.1) is 4.88 Å². The van der Waals surface area contributed by atoms with Gasteiger partial charge in [-0.1, -0.05) is 62.1 Å². The van der Waals surface area contributed by atoms with Crippen molar-refractivity contribution in [3.05, 3.63) is 58.3 Å². The molecule has 0 aliphatic heterocycles. The Morgan fingerprint density at radius 2 is 1.76 bits per heavy atom. The predicted octanol–water partition coefficient (Wildman–Crippen LogP) is 4.76. The van der Waals surface area contributed by atoms with E-state index in [2.05, 4.69) is 47.6 Å². The maximum absolute atomic E-state index is 3.20. The molecule has 0 aliphatic rings. The summed E-state index contributed by atoms with van der Waals surface area (Å²) >= 11 is 1.70. The minimum absolute atomic E-state index is 0.932. The van der Waals surface area contributed by atoms with E-state index in [-0.39, 0.29) is 0 Å². The third-order valence-electron chi connectivity index (χ3n) is 2.11. The van der Waals surface area contributed by atoms with E-state index in [0.29, 0.717) is 0 Å². The molecule has 0 nitrogen and oxygen atoms in total. The van der Waals surface area contributed by atoms with Gasteiger partial charge in [-0.15, -0.1) is 11.3 Å². The predicted molar refractivity (Wildman–Crippen MR) is 77.3 cm³/mol. The molecular formula is C16H18S. The minimum Gasteiger partial charge on any atom is -0.135 e. The van der Waals surface area contributed by atoms with Crippen molar-refractivity contribution in [3.63, 3.8) is 0 Å². The number of hydrogen-bond acceptors (Lipinski definition) is 1. The average Bonchev–Trinajstić information content (AvgIpc) is 2.92. The topological polar surface area (TPSA) is 0 Å². The molecule has 0 atom stereocenters. The Balaban J connectivity index is 0.000000686. The van der Waals surface area contributed by atoms with Crippen molar-refractivity contribution in [2.75, 3.05) is 0 Å². The summed E-state index contributed by atoms with van der Waals surface area (Å²) in [5.74, 6) is 6.36. The fourth-order valence-electron chi connectivity index (χ4n) is 1.35. The standard InChI is InChI=1S/C14H12S.C2H6/c1-2-7-13(8-3-1)9-4-5-10-14-11-6-12-15-14;1-2/h1-3,6-8,11-12H,4,9H2;1-2H3. The Bertz CT molecular complexity index is 443.